The maximum atomic E-state index is 13.8. The predicted molar refractivity (Wildman–Crippen MR) is 166 cm³/mol. The molecule has 3 aliphatic heterocycles. The first-order valence-electron chi connectivity index (χ1n) is 15.8. The lowest BCUT2D eigenvalue weighted by Gasteiger charge is -2.48. The average molecular weight is 603 g/mol. The molecule has 0 bridgehead atoms. The molecule has 3 aromatic carbocycles. The van der Waals surface area contributed by atoms with Crippen molar-refractivity contribution in [3.63, 3.8) is 0 Å². The van der Waals surface area contributed by atoms with Gasteiger partial charge in [-0.05, 0) is 68.1 Å². The van der Waals surface area contributed by atoms with Crippen molar-refractivity contribution >= 4 is 5.91 Å². The van der Waals surface area contributed by atoms with Crippen molar-refractivity contribution in [2.45, 2.75) is 64.1 Å². The number of carbonyl (C=O) groups excluding carboxylic acids is 1. The summed E-state index contributed by atoms with van der Waals surface area (Å²) < 4.78 is 38.5. The molecule has 2 saturated heterocycles. The van der Waals surface area contributed by atoms with E-state index in [1.165, 1.54) is 12.1 Å². The zero-order valence-electron chi connectivity index (χ0n) is 25.8. The van der Waals surface area contributed by atoms with Crippen molar-refractivity contribution in [3.05, 3.63) is 95.3 Å². The summed E-state index contributed by atoms with van der Waals surface area (Å²) in [5.41, 5.74) is 2.60. The van der Waals surface area contributed by atoms with Crippen molar-refractivity contribution in [1.29, 1.82) is 0 Å². The summed E-state index contributed by atoms with van der Waals surface area (Å²) in [6, 6.07) is 22.5. The minimum Gasteiger partial charge on any atom is -0.489 e. The molecule has 0 saturated carbocycles. The molecule has 234 valence electrons. The van der Waals surface area contributed by atoms with Gasteiger partial charge in [0.2, 0.25) is 5.91 Å². The molecule has 6 rings (SSSR count). The van der Waals surface area contributed by atoms with Crippen LogP contribution in [0.15, 0.2) is 72.8 Å². The summed E-state index contributed by atoms with van der Waals surface area (Å²) >= 11 is 0. The van der Waals surface area contributed by atoms with Gasteiger partial charge in [0.25, 0.3) is 0 Å². The molecular formula is C36H43FN2O5. The lowest BCUT2D eigenvalue weighted by atomic mass is 9.75. The van der Waals surface area contributed by atoms with Crippen LogP contribution in [-0.4, -0.2) is 66.8 Å². The third-order valence-corrected chi connectivity index (χ3v) is 9.14. The third-order valence-electron chi connectivity index (χ3n) is 9.14. The normalized spacial score (nSPS) is 22.8. The van der Waals surface area contributed by atoms with E-state index in [9.17, 15) is 9.18 Å². The molecule has 0 N–H and O–H groups in total. The van der Waals surface area contributed by atoms with Gasteiger partial charge in [-0.2, -0.15) is 0 Å². The number of morpholine rings is 1. The van der Waals surface area contributed by atoms with Gasteiger partial charge in [-0.25, -0.2) is 4.39 Å². The topological polar surface area (TPSA) is 60.5 Å². The van der Waals surface area contributed by atoms with E-state index in [2.05, 4.69) is 18.7 Å². The third kappa shape index (κ3) is 7.42. The molecule has 0 aliphatic carbocycles. The quantitative estimate of drug-likeness (QED) is 0.277. The Kier molecular flexibility index (Phi) is 9.50. The summed E-state index contributed by atoms with van der Waals surface area (Å²) in [4.78, 5) is 18.1. The number of halogens is 1. The number of carbonyl (C=O) groups is 1. The molecule has 0 unspecified atom stereocenters. The number of amides is 1. The Morgan fingerprint density at radius 2 is 1.77 bits per heavy atom. The second-order valence-electron chi connectivity index (χ2n) is 12.6. The fourth-order valence-electron chi connectivity index (χ4n) is 6.58. The van der Waals surface area contributed by atoms with E-state index in [1.54, 1.807) is 12.1 Å². The van der Waals surface area contributed by atoms with Crippen LogP contribution in [-0.2, 0) is 27.4 Å². The van der Waals surface area contributed by atoms with Crippen molar-refractivity contribution in [2.24, 2.45) is 5.92 Å². The molecule has 8 heteroatoms. The van der Waals surface area contributed by atoms with Gasteiger partial charge < -0.3 is 23.8 Å². The van der Waals surface area contributed by atoms with E-state index in [0.29, 0.717) is 39.3 Å². The molecule has 1 amide bonds. The van der Waals surface area contributed by atoms with Crippen molar-refractivity contribution in [1.82, 2.24) is 9.80 Å². The van der Waals surface area contributed by atoms with Crippen LogP contribution in [0, 0.1) is 11.7 Å². The highest BCUT2D eigenvalue weighted by molar-refractivity contribution is 5.76. The summed E-state index contributed by atoms with van der Waals surface area (Å²) in [6.07, 6.45) is 1.58. The zero-order chi connectivity index (χ0) is 30.5. The highest BCUT2D eigenvalue weighted by atomic mass is 19.1. The van der Waals surface area contributed by atoms with Crippen LogP contribution >= 0.6 is 0 Å². The summed E-state index contributed by atoms with van der Waals surface area (Å²) in [5, 5.41) is 0. The fourth-order valence-corrected chi connectivity index (χ4v) is 6.58. The number of fused-ring (bicyclic) bond motifs is 3. The Balaban J connectivity index is 1.15. The van der Waals surface area contributed by atoms with Gasteiger partial charge in [0.15, 0.2) is 0 Å². The fraction of sp³-hybridized carbons (Fsp3) is 0.472. The zero-order valence-corrected chi connectivity index (χ0v) is 25.8. The van der Waals surface area contributed by atoms with Gasteiger partial charge in [-0.1, -0.05) is 42.5 Å². The molecule has 3 heterocycles. The van der Waals surface area contributed by atoms with Gasteiger partial charge in [0.05, 0.1) is 31.8 Å². The van der Waals surface area contributed by atoms with E-state index >= 15 is 0 Å². The number of nitrogens with zero attached hydrogens (tertiary/aromatic N) is 2. The molecule has 2 fully saturated rings. The smallest absolute Gasteiger partial charge is 0.225 e. The number of hydrogen-bond donors (Lipinski definition) is 0. The standard InChI is InChI=1S/C36H43FN2O5/c1-36(2)32-14-12-30(43-35(32)31-22-29(13-15-33(31)44-36)42-25-27-6-4-3-5-7-27)23-34(40)39(17-16-38-18-20-41-21-19-38)24-26-8-10-28(37)11-9-26/h3-11,13,15,22,30,32,35H,12,14,16-21,23-25H2,1-2H3/t30-,32+,35-/m0/s1. The molecule has 3 atom stereocenters. The minimum absolute atomic E-state index is 0.0533. The van der Waals surface area contributed by atoms with E-state index in [4.69, 9.17) is 18.9 Å². The largest absolute Gasteiger partial charge is 0.489 e. The second kappa shape index (κ2) is 13.7. The predicted octanol–water partition coefficient (Wildman–Crippen LogP) is 6.16. The average Bonchev–Trinajstić information content (AvgIpc) is 3.04. The Labute approximate surface area is 259 Å². The maximum absolute atomic E-state index is 13.8. The Morgan fingerprint density at radius 1 is 1.00 bits per heavy atom. The van der Waals surface area contributed by atoms with E-state index < -0.39 is 5.60 Å². The Hall–Kier alpha value is -3.46. The summed E-state index contributed by atoms with van der Waals surface area (Å²) in [5.74, 6) is 1.50. The lowest BCUT2D eigenvalue weighted by Crippen LogP contribution is -2.49. The van der Waals surface area contributed by atoms with Gasteiger partial charge >= 0.3 is 0 Å². The van der Waals surface area contributed by atoms with E-state index in [1.807, 2.05) is 53.4 Å². The molecule has 3 aliphatic rings. The van der Waals surface area contributed by atoms with Crippen LogP contribution in [0.25, 0.3) is 0 Å². The van der Waals surface area contributed by atoms with Crippen LogP contribution < -0.4 is 9.47 Å². The SMILES string of the molecule is CC1(C)Oc2ccc(OCc3ccccc3)cc2[C@@H]2O[C@H](CC(=O)N(CCN3CCOCC3)Cc3ccc(F)cc3)CC[C@H]21. The van der Waals surface area contributed by atoms with Crippen molar-refractivity contribution < 1.29 is 28.1 Å². The van der Waals surface area contributed by atoms with Crippen LogP contribution in [0.4, 0.5) is 4.39 Å². The summed E-state index contributed by atoms with van der Waals surface area (Å²) in [7, 11) is 0. The van der Waals surface area contributed by atoms with Crippen molar-refractivity contribution in [3.8, 4) is 11.5 Å². The lowest BCUT2D eigenvalue weighted by molar-refractivity contribution is -0.160. The van der Waals surface area contributed by atoms with Crippen LogP contribution in [0.2, 0.25) is 0 Å². The molecule has 7 nitrogen and oxygen atoms in total. The molecular weight excluding hydrogens is 559 g/mol. The van der Waals surface area contributed by atoms with Gasteiger partial charge in [-0.15, -0.1) is 0 Å². The number of rotatable bonds is 10. The number of ether oxygens (including phenoxy) is 4. The number of benzene rings is 3. The van der Waals surface area contributed by atoms with Crippen LogP contribution in [0.3, 0.4) is 0 Å². The van der Waals surface area contributed by atoms with Crippen LogP contribution in [0.1, 0.15) is 55.9 Å². The van der Waals surface area contributed by atoms with E-state index in [-0.39, 0.29) is 29.9 Å². The summed E-state index contributed by atoms with van der Waals surface area (Å²) in [6.45, 7) is 9.69. The van der Waals surface area contributed by atoms with Gasteiger partial charge in [0.1, 0.15) is 29.5 Å². The number of hydrogen-bond acceptors (Lipinski definition) is 6. The van der Waals surface area contributed by atoms with Gasteiger partial charge in [0, 0.05) is 44.2 Å². The highest BCUT2D eigenvalue weighted by Crippen LogP contribution is 2.51. The molecule has 0 aromatic heterocycles. The highest BCUT2D eigenvalue weighted by Gasteiger charge is 2.48. The first-order chi connectivity index (χ1) is 21.3. The first-order valence-corrected chi connectivity index (χ1v) is 15.8. The van der Waals surface area contributed by atoms with E-state index in [0.717, 1.165) is 60.7 Å². The monoisotopic (exact) mass is 602 g/mol. The van der Waals surface area contributed by atoms with Gasteiger partial charge in [-0.3, -0.25) is 9.69 Å². The maximum Gasteiger partial charge on any atom is 0.225 e. The minimum atomic E-state index is -0.397. The molecule has 0 spiro atoms. The first kappa shape index (κ1) is 30.6. The molecule has 0 radical (unpaired) electrons. The van der Waals surface area contributed by atoms with Crippen LogP contribution in [0.5, 0.6) is 11.5 Å². The Bertz CT molecular complexity index is 1390. The molecule has 3 aromatic rings. The Morgan fingerprint density at radius 3 is 2.55 bits per heavy atom. The second-order valence-corrected chi connectivity index (χ2v) is 12.6. The molecule has 44 heavy (non-hydrogen) atoms. The van der Waals surface area contributed by atoms with Crippen molar-refractivity contribution in [2.75, 3.05) is 39.4 Å².